The Morgan fingerprint density at radius 1 is 1.39 bits per heavy atom. The molecule has 0 spiro atoms. The summed E-state index contributed by atoms with van der Waals surface area (Å²) in [6.45, 7) is 2.29. The van der Waals surface area contributed by atoms with Gasteiger partial charge in [-0.1, -0.05) is 24.6 Å². The highest BCUT2D eigenvalue weighted by atomic mass is 35.5. The molecule has 7 heteroatoms. The van der Waals surface area contributed by atoms with Crippen molar-refractivity contribution in [3.05, 3.63) is 47.4 Å². The SMILES string of the molecule is CCC(C(=O)NCc1nn(C)c2cccc(Cl)c12)n1cccn1. The van der Waals surface area contributed by atoms with Crippen LogP contribution in [-0.4, -0.2) is 25.5 Å². The average molecular weight is 332 g/mol. The maximum Gasteiger partial charge on any atom is 0.245 e. The summed E-state index contributed by atoms with van der Waals surface area (Å²) >= 11 is 6.28. The second kappa shape index (κ2) is 6.42. The first kappa shape index (κ1) is 15.6. The van der Waals surface area contributed by atoms with Crippen molar-refractivity contribution >= 4 is 28.4 Å². The van der Waals surface area contributed by atoms with Crippen LogP contribution < -0.4 is 5.32 Å². The lowest BCUT2D eigenvalue weighted by Crippen LogP contribution is -2.32. The minimum Gasteiger partial charge on any atom is -0.348 e. The standard InChI is InChI=1S/C16H18ClN5O/c1-3-13(22-9-5-8-19-22)16(23)18-10-12-15-11(17)6-4-7-14(15)21(2)20-12/h4-9,13H,3,10H2,1-2H3,(H,18,23). The third-order valence-electron chi connectivity index (χ3n) is 3.86. The maximum absolute atomic E-state index is 12.4. The van der Waals surface area contributed by atoms with Gasteiger partial charge in [0, 0.05) is 24.8 Å². The Bertz CT molecular complexity index is 824. The number of carbonyl (C=O) groups excluding carboxylic acids is 1. The molecule has 3 aromatic rings. The lowest BCUT2D eigenvalue weighted by atomic mass is 10.2. The second-order valence-corrected chi connectivity index (χ2v) is 5.74. The lowest BCUT2D eigenvalue weighted by Gasteiger charge is -2.15. The third-order valence-corrected chi connectivity index (χ3v) is 4.18. The van der Waals surface area contributed by atoms with E-state index in [1.54, 1.807) is 21.8 Å². The fourth-order valence-electron chi connectivity index (χ4n) is 2.72. The largest absolute Gasteiger partial charge is 0.348 e. The molecule has 3 rings (SSSR count). The topological polar surface area (TPSA) is 64.7 Å². The zero-order valence-electron chi connectivity index (χ0n) is 13.0. The van der Waals surface area contributed by atoms with Crippen molar-refractivity contribution in [1.29, 1.82) is 0 Å². The van der Waals surface area contributed by atoms with Gasteiger partial charge in [-0.15, -0.1) is 0 Å². The number of fused-ring (bicyclic) bond motifs is 1. The van der Waals surface area contributed by atoms with Crippen molar-refractivity contribution in [3.8, 4) is 0 Å². The molecule has 1 atom stereocenters. The van der Waals surface area contributed by atoms with Gasteiger partial charge in [-0.2, -0.15) is 10.2 Å². The Balaban J connectivity index is 1.79. The lowest BCUT2D eigenvalue weighted by molar-refractivity contribution is -0.124. The predicted octanol–water partition coefficient (Wildman–Crippen LogP) is 2.69. The van der Waals surface area contributed by atoms with E-state index < -0.39 is 0 Å². The molecule has 120 valence electrons. The van der Waals surface area contributed by atoms with Gasteiger partial charge in [0.2, 0.25) is 5.91 Å². The van der Waals surface area contributed by atoms with Crippen molar-refractivity contribution < 1.29 is 4.79 Å². The van der Waals surface area contributed by atoms with Crippen molar-refractivity contribution in [2.75, 3.05) is 0 Å². The third kappa shape index (κ3) is 2.94. The van der Waals surface area contributed by atoms with E-state index in [4.69, 9.17) is 11.6 Å². The molecule has 0 saturated heterocycles. The summed E-state index contributed by atoms with van der Waals surface area (Å²) in [6.07, 6.45) is 4.12. The molecule has 2 heterocycles. The number of hydrogen-bond donors (Lipinski definition) is 1. The molecular formula is C16H18ClN5O. The van der Waals surface area contributed by atoms with Gasteiger partial charge in [0.05, 0.1) is 22.8 Å². The van der Waals surface area contributed by atoms with Crippen molar-refractivity contribution in [2.45, 2.75) is 25.9 Å². The Hall–Kier alpha value is -2.34. The fraction of sp³-hybridized carbons (Fsp3) is 0.312. The van der Waals surface area contributed by atoms with Crippen LogP contribution in [0.4, 0.5) is 0 Å². The number of hydrogen-bond acceptors (Lipinski definition) is 3. The van der Waals surface area contributed by atoms with E-state index in [9.17, 15) is 4.79 Å². The normalized spacial score (nSPS) is 12.5. The predicted molar refractivity (Wildman–Crippen MR) is 89.1 cm³/mol. The Morgan fingerprint density at radius 2 is 2.22 bits per heavy atom. The van der Waals surface area contributed by atoms with Gasteiger partial charge >= 0.3 is 0 Å². The summed E-state index contributed by atoms with van der Waals surface area (Å²) in [6, 6.07) is 7.16. The van der Waals surface area contributed by atoms with Crippen molar-refractivity contribution in [2.24, 2.45) is 7.05 Å². The van der Waals surface area contributed by atoms with Crippen LogP contribution in [0.25, 0.3) is 10.9 Å². The summed E-state index contributed by atoms with van der Waals surface area (Å²) in [5.74, 6) is -0.0814. The van der Waals surface area contributed by atoms with Gasteiger partial charge in [0.1, 0.15) is 6.04 Å². The van der Waals surface area contributed by atoms with Crippen LogP contribution in [-0.2, 0) is 18.4 Å². The van der Waals surface area contributed by atoms with E-state index in [2.05, 4.69) is 15.5 Å². The second-order valence-electron chi connectivity index (χ2n) is 5.33. The first-order chi connectivity index (χ1) is 11.1. The highest BCUT2D eigenvalue weighted by molar-refractivity contribution is 6.35. The van der Waals surface area contributed by atoms with E-state index in [-0.39, 0.29) is 11.9 Å². The monoisotopic (exact) mass is 331 g/mol. The molecule has 0 aliphatic carbocycles. The average Bonchev–Trinajstić information content (AvgIpc) is 3.16. The molecule has 0 aliphatic rings. The van der Waals surface area contributed by atoms with Crippen LogP contribution >= 0.6 is 11.6 Å². The molecule has 0 bridgehead atoms. The molecule has 1 aromatic carbocycles. The molecular weight excluding hydrogens is 314 g/mol. The van der Waals surface area contributed by atoms with Gasteiger partial charge < -0.3 is 5.32 Å². The van der Waals surface area contributed by atoms with Crippen LogP contribution in [0.3, 0.4) is 0 Å². The number of aryl methyl sites for hydroxylation is 1. The van der Waals surface area contributed by atoms with Crippen LogP contribution in [0.5, 0.6) is 0 Å². The molecule has 0 saturated carbocycles. The number of aromatic nitrogens is 4. The van der Waals surface area contributed by atoms with E-state index >= 15 is 0 Å². The van der Waals surface area contributed by atoms with E-state index in [0.717, 1.165) is 16.6 Å². The highest BCUT2D eigenvalue weighted by Crippen LogP contribution is 2.26. The van der Waals surface area contributed by atoms with Gasteiger partial charge in [-0.05, 0) is 24.6 Å². The highest BCUT2D eigenvalue weighted by Gasteiger charge is 2.19. The van der Waals surface area contributed by atoms with Gasteiger partial charge in [0.25, 0.3) is 0 Å². The Labute approximate surface area is 139 Å². The number of nitrogens with zero attached hydrogens (tertiary/aromatic N) is 4. The summed E-state index contributed by atoms with van der Waals surface area (Å²) in [4.78, 5) is 12.4. The fourth-order valence-corrected chi connectivity index (χ4v) is 3.00. The quantitative estimate of drug-likeness (QED) is 0.781. The van der Waals surface area contributed by atoms with Gasteiger partial charge in [0.15, 0.2) is 0 Å². The van der Waals surface area contributed by atoms with Gasteiger partial charge in [-0.25, -0.2) is 0 Å². The molecule has 0 aliphatic heterocycles. The summed E-state index contributed by atoms with van der Waals surface area (Å²) in [5, 5.41) is 13.1. The number of amides is 1. The summed E-state index contributed by atoms with van der Waals surface area (Å²) < 4.78 is 3.44. The first-order valence-corrected chi connectivity index (χ1v) is 7.86. The van der Waals surface area contributed by atoms with Crippen molar-refractivity contribution in [3.63, 3.8) is 0 Å². The minimum atomic E-state index is -0.324. The molecule has 1 N–H and O–H groups in total. The van der Waals surface area contributed by atoms with Gasteiger partial charge in [-0.3, -0.25) is 14.2 Å². The Kier molecular flexibility index (Phi) is 4.34. The van der Waals surface area contributed by atoms with E-state index in [0.29, 0.717) is 18.0 Å². The molecule has 2 aromatic heterocycles. The van der Waals surface area contributed by atoms with Crippen LogP contribution in [0.2, 0.25) is 5.02 Å². The Morgan fingerprint density at radius 3 is 2.91 bits per heavy atom. The van der Waals surface area contributed by atoms with Crippen LogP contribution in [0.1, 0.15) is 25.1 Å². The minimum absolute atomic E-state index is 0.0814. The number of carbonyl (C=O) groups is 1. The molecule has 0 radical (unpaired) electrons. The number of benzene rings is 1. The zero-order valence-corrected chi connectivity index (χ0v) is 13.8. The first-order valence-electron chi connectivity index (χ1n) is 7.48. The van der Waals surface area contributed by atoms with Crippen molar-refractivity contribution in [1.82, 2.24) is 24.9 Å². The maximum atomic E-state index is 12.4. The van der Waals surface area contributed by atoms with Crippen LogP contribution in [0, 0.1) is 0 Å². The summed E-state index contributed by atoms with van der Waals surface area (Å²) in [5.41, 5.74) is 1.71. The number of nitrogens with one attached hydrogen (secondary N) is 1. The molecule has 0 fully saturated rings. The summed E-state index contributed by atoms with van der Waals surface area (Å²) in [7, 11) is 1.86. The van der Waals surface area contributed by atoms with Crippen LogP contribution in [0.15, 0.2) is 36.7 Å². The smallest absolute Gasteiger partial charge is 0.245 e. The molecule has 6 nitrogen and oxygen atoms in total. The molecule has 1 unspecified atom stereocenters. The molecule has 23 heavy (non-hydrogen) atoms. The number of rotatable bonds is 5. The number of halogens is 1. The molecule has 1 amide bonds. The van der Waals surface area contributed by atoms with E-state index in [1.165, 1.54) is 0 Å². The zero-order chi connectivity index (χ0) is 16.4. The van der Waals surface area contributed by atoms with E-state index in [1.807, 2.05) is 38.2 Å².